The molecule has 0 saturated carbocycles. The molecular weight excluding hydrogens is 344 g/mol. The second-order valence-electron chi connectivity index (χ2n) is 5.37. The van der Waals surface area contributed by atoms with Crippen LogP contribution in [-0.2, 0) is 6.54 Å². The van der Waals surface area contributed by atoms with Crippen molar-refractivity contribution in [2.24, 2.45) is 0 Å². The second kappa shape index (κ2) is 8.60. The summed E-state index contributed by atoms with van der Waals surface area (Å²) < 4.78 is 16.1. The molecule has 0 fully saturated rings. The molecule has 0 spiro atoms. The maximum absolute atomic E-state index is 12.5. The van der Waals surface area contributed by atoms with Crippen LogP contribution in [0.2, 0.25) is 0 Å². The lowest BCUT2D eigenvalue weighted by Gasteiger charge is -2.12. The molecule has 6 nitrogen and oxygen atoms in total. The molecule has 0 bridgehead atoms. The minimum absolute atomic E-state index is 0. The molecule has 0 aromatic heterocycles. The third-order valence-electron chi connectivity index (χ3n) is 3.82. The predicted molar refractivity (Wildman–Crippen MR) is 98.4 cm³/mol. The average molecular weight is 365 g/mol. The van der Waals surface area contributed by atoms with Crippen molar-refractivity contribution in [1.82, 2.24) is 5.32 Å². The van der Waals surface area contributed by atoms with Crippen molar-refractivity contribution in [1.29, 1.82) is 0 Å². The van der Waals surface area contributed by atoms with Crippen molar-refractivity contribution in [3.8, 4) is 17.2 Å². The first-order valence-corrected chi connectivity index (χ1v) is 7.71. The van der Waals surface area contributed by atoms with Crippen molar-refractivity contribution >= 4 is 24.0 Å². The minimum Gasteiger partial charge on any atom is -0.493 e. The van der Waals surface area contributed by atoms with Crippen molar-refractivity contribution in [2.75, 3.05) is 32.7 Å². The zero-order valence-corrected chi connectivity index (χ0v) is 14.9. The van der Waals surface area contributed by atoms with Crippen molar-refractivity contribution < 1.29 is 19.0 Å². The molecule has 1 heterocycles. The van der Waals surface area contributed by atoms with E-state index in [9.17, 15) is 4.79 Å². The highest BCUT2D eigenvalue weighted by atomic mass is 35.5. The van der Waals surface area contributed by atoms with Crippen LogP contribution in [0.25, 0.3) is 0 Å². The SMILES string of the molecule is COc1ccc(C(=O)Nc2ccc3c(c2)CNCCO3)cc1OC.Cl. The van der Waals surface area contributed by atoms with Crippen LogP contribution in [0.4, 0.5) is 5.69 Å². The Bertz CT molecular complexity index is 752. The van der Waals surface area contributed by atoms with Crippen molar-refractivity contribution in [3.05, 3.63) is 47.5 Å². The van der Waals surface area contributed by atoms with E-state index in [4.69, 9.17) is 14.2 Å². The molecule has 7 heteroatoms. The molecule has 0 aliphatic carbocycles. The second-order valence-corrected chi connectivity index (χ2v) is 5.37. The van der Waals surface area contributed by atoms with Crippen molar-refractivity contribution in [3.63, 3.8) is 0 Å². The van der Waals surface area contributed by atoms with Gasteiger partial charge in [-0.3, -0.25) is 4.79 Å². The van der Waals surface area contributed by atoms with Gasteiger partial charge in [-0.25, -0.2) is 0 Å². The van der Waals surface area contributed by atoms with Gasteiger partial charge in [0.05, 0.1) is 14.2 Å². The van der Waals surface area contributed by atoms with E-state index < -0.39 is 0 Å². The molecule has 2 aromatic carbocycles. The van der Waals surface area contributed by atoms with Gasteiger partial charge in [-0.15, -0.1) is 12.4 Å². The minimum atomic E-state index is -0.210. The first-order valence-electron chi connectivity index (χ1n) is 7.71. The summed E-state index contributed by atoms with van der Waals surface area (Å²) in [4.78, 5) is 12.5. The molecule has 134 valence electrons. The lowest BCUT2D eigenvalue weighted by Crippen LogP contribution is -2.16. The highest BCUT2D eigenvalue weighted by Crippen LogP contribution is 2.28. The van der Waals surface area contributed by atoms with Gasteiger partial charge in [0.2, 0.25) is 0 Å². The van der Waals surface area contributed by atoms with Crippen LogP contribution in [0.15, 0.2) is 36.4 Å². The Morgan fingerprint density at radius 2 is 1.92 bits per heavy atom. The van der Waals surface area contributed by atoms with Gasteiger partial charge in [-0.1, -0.05) is 0 Å². The van der Waals surface area contributed by atoms with Crippen LogP contribution in [-0.4, -0.2) is 33.3 Å². The van der Waals surface area contributed by atoms with Crippen LogP contribution < -0.4 is 24.8 Å². The number of hydrogen-bond donors (Lipinski definition) is 2. The zero-order chi connectivity index (χ0) is 16.9. The van der Waals surface area contributed by atoms with Gasteiger partial charge in [0.25, 0.3) is 5.91 Å². The van der Waals surface area contributed by atoms with Gasteiger partial charge >= 0.3 is 0 Å². The fourth-order valence-corrected chi connectivity index (χ4v) is 2.57. The fourth-order valence-electron chi connectivity index (χ4n) is 2.57. The van der Waals surface area contributed by atoms with Crippen LogP contribution in [0.1, 0.15) is 15.9 Å². The molecule has 1 aliphatic rings. The van der Waals surface area contributed by atoms with E-state index in [0.717, 1.165) is 30.1 Å². The van der Waals surface area contributed by atoms with E-state index in [0.29, 0.717) is 23.7 Å². The Morgan fingerprint density at radius 3 is 2.68 bits per heavy atom. The summed E-state index contributed by atoms with van der Waals surface area (Å²) in [6.07, 6.45) is 0. The quantitative estimate of drug-likeness (QED) is 0.873. The summed E-state index contributed by atoms with van der Waals surface area (Å²) in [6.45, 7) is 2.17. The number of hydrogen-bond acceptors (Lipinski definition) is 5. The topological polar surface area (TPSA) is 68.8 Å². The number of benzene rings is 2. The summed E-state index contributed by atoms with van der Waals surface area (Å²) in [7, 11) is 3.10. The van der Waals surface area contributed by atoms with E-state index in [1.165, 1.54) is 0 Å². The molecule has 25 heavy (non-hydrogen) atoms. The van der Waals surface area contributed by atoms with Gasteiger partial charge in [-0.2, -0.15) is 0 Å². The number of carbonyl (C=O) groups excluding carboxylic acids is 1. The first-order chi connectivity index (χ1) is 11.7. The molecule has 3 rings (SSSR count). The summed E-state index contributed by atoms with van der Waals surface area (Å²) >= 11 is 0. The first kappa shape index (κ1) is 18.9. The Labute approximate surface area is 152 Å². The molecule has 0 unspecified atom stereocenters. The maximum Gasteiger partial charge on any atom is 0.255 e. The number of nitrogens with one attached hydrogen (secondary N) is 2. The number of amides is 1. The standard InChI is InChI=1S/C18H20N2O4.ClH/c1-22-16-5-3-12(10-17(16)23-2)18(21)20-14-4-6-15-13(9-14)11-19-7-8-24-15;/h3-6,9-10,19H,7-8,11H2,1-2H3,(H,20,21);1H. The molecular formula is C18H21ClN2O4. The van der Waals surface area contributed by atoms with Gasteiger partial charge in [-0.05, 0) is 36.4 Å². The summed E-state index contributed by atoms with van der Waals surface area (Å²) in [5.41, 5.74) is 2.25. The molecule has 0 saturated heterocycles. The fraction of sp³-hybridized carbons (Fsp3) is 0.278. The third-order valence-corrected chi connectivity index (χ3v) is 3.82. The summed E-state index contributed by atoms with van der Waals surface area (Å²) in [6, 6.07) is 10.7. The van der Waals surface area contributed by atoms with E-state index in [1.807, 2.05) is 18.2 Å². The average Bonchev–Trinajstić information content (AvgIpc) is 2.86. The number of carbonyl (C=O) groups is 1. The summed E-state index contributed by atoms with van der Waals surface area (Å²) in [5.74, 6) is 1.74. The number of fused-ring (bicyclic) bond motifs is 1. The lowest BCUT2D eigenvalue weighted by atomic mass is 10.1. The summed E-state index contributed by atoms with van der Waals surface area (Å²) in [5, 5.41) is 6.17. The maximum atomic E-state index is 12.5. The molecule has 1 aliphatic heterocycles. The number of anilines is 1. The third kappa shape index (κ3) is 4.35. The van der Waals surface area contributed by atoms with Gasteiger partial charge in [0.1, 0.15) is 12.4 Å². The predicted octanol–water partition coefficient (Wildman–Crippen LogP) is 2.86. The Kier molecular flexibility index (Phi) is 6.50. The van der Waals surface area contributed by atoms with E-state index in [-0.39, 0.29) is 18.3 Å². The Balaban J connectivity index is 0.00000225. The van der Waals surface area contributed by atoms with Gasteiger partial charge in [0, 0.05) is 29.9 Å². The van der Waals surface area contributed by atoms with E-state index in [2.05, 4.69) is 10.6 Å². The molecule has 0 radical (unpaired) electrons. The zero-order valence-electron chi connectivity index (χ0n) is 14.1. The van der Waals surface area contributed by atoms with Gasteiger partial charge in [0.15, 0.2) is 11.5 Å². The number of ether oxygens (including phenoxy) is 3. The van der Waals surface area contributed by atoms with Crippen LogP contribution in [0.3, 0.4) is 0 Å². The highest BCUT2D eigenvalue weighted by molar-refractivity contribution is 6.04. The number of methoxy groups -OCH3 is 2. The van der Waals surface area contributed by atoms with Crippen molar-refractivity contribution in [2.45, 2.75) is 6.54 Å². The Hall–Kier alpha value is -2.44. The molecule has 2 aromatic rings. The number of halogens is 1. The molecule has 1 amide bonds. The largest absolute Gasteiger partial charge is 0.493 e. The smallest absolute Gasteiger partial charge is 0.255 e. The molecule has 2 N–H and O–H groups in total. The van der Waals surface area contributed by atoms with Crippen LogP contribution in [0, 0.1) is 0 Å². The highest BCUT2D eigenvalue weighted by Gasteiger charge is 2.13. The molecule has 0 atom stereocenters. The van der Waals surface area contributed by atoms with Gasteiger partial charge < -0.3 is 24.8 Å². The monoisotopic (exact) mass is 364 g/mol. The van der Waals surface area contributed by atoms with E-state index >= 15 is 0 Å². The van der Waals surface area contributed by atoms with E-state index in [1.54, 1.807) is 32.4 Å². The van der Waals surface area contributed by atoms with Crippen LogP contribution >= 0.6 is 12.4 Å². The lowest BCUT2D eigenvalue weighted by molar-refractivity contribution is 0.102. The Morgan fingerprint density at radius 1 is 1.12 bits per heavy atom. The van der Waals surface area contributed by atoms with Crippen LogP contribution in [0.5, 0.6) is 17.2 Å². The number of rotatable bonds is 4. The normalized spacial score (nSPS) is 12.7.